The highest BCUT2D eigenvalue weighted by Crippen LogP contribution is 2.18. The van der Waals surface area contributed by atoms with Gasteiger partial charge in [0.05, 0.1) is 0 Å². The van der Waals surface area contributed by atoms with Crippen molar-refractivity contribution in [3.8, 4) is 5.75 Å². The van der Waals surface area contributed by atoms with E-state index in [2.05, 4.69) is 36.5 Å². The van der Waals surface area contributed by atoms with Crippen LogP contribution in [0, 0.1) is 6.92 Å². The second-order valence-corrected chi connectivity index (χ2v) is 7.09. The van der Waals surface area contributed by atoms with Gasteiger partial charge in [-0.3, -0.25) is 4.79 Å². The lowest BCUT2D eigenvalue weighted by Crippen LogP contribution is -2.37. The lowest BCUT2D eigenvalue weighted by Gasteiger charge is -2.14. The van der Waals surface area contributed by atoms with Gasteiger partial charge in [0.25, 0.3) is 5.91 Å². The molecule has 0 saturated carbocycles. The van der Waals surface area contributed by atoms with Crippen molar-refractivity contribution in [2.24, 2.45) is 0 Å². The van der Waals surface area contributed by atoms with Gasteiger partial charge < -0.3 is 10.1 Å². The molecule has 2 aromatic carbocycles. The highest BCUT2D eigenvalue weighted by molar-refractivity contribution is 7.98. The molecule has 5 heteroatoms. The van der Waals surface area contributed by atoms with Crippen molar-refractivity contribution in [1.29, 1.82) is 0 Å². The molecule has 0 fully saturated rings. The molecule has 0 aliphatic carbocycles. The quantitative estimate of drug-likeness (QED) is 0.703. The van der Waals surface area contributed by atoms with E-state index < -0.39 is 6.10 Å². The van der Waals surface area contributed by atoms with Crippen LogP contribution in [-0.4, -0.2) is 24.3 Å². The lowest BCUT2D eigenvalue weighted by molar-refractivity contribution is -0.127. The first-order chi connectivity index (χ1) is 11.5. The Balaban J connectivity index is 1.64. The zero-order valence-electron chi connectivity index (χ0n) is 13.9. The number of carbonyl (C=O) groups excluding carboxylic acids is 1. The summed E-state index contributed by atoms with van der Waals surface area (Å²) in [4.78, 5) is 12.0. The zero-order chi connectivity index (χ0) is 17.4. The van der Waals surface area contributed by atoms with Gasteiger partial charge >= 0.3 is 0 Å². The number of aryl methyl sites for hydroxylation is 1. The van der Waals surface area contributed by atoms with Crippen molar-refractivity contribution in [1.82, 2.24) is 5.32 Å². The van der Waals surface area contributed by atoms with Crippen molar-refractivity contribution >= 4 is 29.3 Å². The van der Waals surface area contributed by atoms with Crippen LogP contribution < -0.4 is 10.1 Å². The minimum atomic E-state index is -0.550. The van der Waals surface area contributed by atoms with Crippen LogP contribution >= 0.6 is 23.4 Å². The highest BCUT2D eigenvalue weighted by atomic mass is 35.5. The van der Waals surface area contributed by atoms with Crippen LogP contribution in [0.1, 0.15) is 18.1 Å². The summed E-state index contributed by atoms with van der Waals surface area (Å²) < 4.78 is 5.59. The van der Waals surface area contributed by atoms with E-state index in [1.165, 1.54) is 11.1 Å². The summed E-state index contributed by atoms with van der Waals surface area (Å²) in [6.45, 7) is 4.44. The summed E-state index contributed by atoms with van der Waals surface area (Å²) in [5.74, 6) is 2.29. The van der Waals surface area contributed by atoms with Gasteiger partial charge in [-0.1, -0.05) is 47.5 Å². The minimum absolute atomic E-state index is 0.120. The maximum Gasteiger partial charge on any atom is 0.260 e. The molecule has 0 aliphatic heterocycles. The van der Waals surface area contributed by atoms with Crippen LogP contribution in [0.4, 0.5) is 0 Å². The number of hydrogen-bond acceptors (Lipinski definition) is 3. The molecule has 0 saturated heterocycles. The van der Waals surface area contributed by atoms with Crippen LogP contribution in [0.2, 0.25) is 5.02 Å². The summed E-state index contributed by atoms with van der Waals surface area (Å²) in [6.07, 6.45) is -0.550. The molecule has 24 heavy (non-hydrogen) atoms. The molecule has 1 amide bonds. The predicted molar refractivity (Wildman–Crippen MR) is 102 cm³/mol. The molecule has 0 spiro atoms. The van der Waals surface area contributed by atoms with Gasteiger partial charge in [-0.05, 0) is 37.6 Å². The van der Waals surface area contributed by atoms with Crippen LogP contribution in [0.25, 0.3) is 0 Å². The van der Waals surface area contributed by atoms with Crippen LogP contribution in [0.3, 0.4) is 0 Å². The Morgan fingerprint density at radius 3 is 2.71 bits per heavy atom. The van der Waals surface area contributed by atoms with E-state index in [1.54, 1.807) is 43.0 Å². The van der Waals surface area contributed by atoms with Gasteiger partial charge in [-0.15, -0.1) is 0 Å². The summed E-state index contributed by atoms with van der Waals surface area (Å²) in [7, 11) is 0. The molecular formula is C19H22ClNO2S. The average Bonchev–Trinajstić information content (AvgIpc) is 2.56. The molecule has 1 atom stereocenters. The Bertz CT molecular complexity index is 661. The number of thioether (sulfide) groups is 1. The molecule has 1 N–H and O–H groups in total. The smallest absolute Gasteiger partial charge is 0.260 e. The summed E-state index contributed by atoms with van der Waals surface area (Å²) in [5, 5.41) is 3.49. The van der Waals surface area contributed by atoms with Gasteiger partial charge in [0.2, 0.25) is 0 Å². The molecule has 0 heterocycles. The Morgan fingerprint density at radius 1 is 1.25 bits per heavy atom. The van der Waals surface area contributed by atoms with E-state index in [9.17, 15) is 4.79 Å². The minimum Gasteiger partial charge on any atom is -0.481 e. The van der Waals surface area contributed by atoms with Crippen molar-refractivity contribution in [2.75, 3.05) is 12.3 Å². The fraction of sp³-hybridized carbons (Fsp3) is 0.316. The van der Waals surface area contributed by atoms with Gasteiger partial charge in [0.15, 0.2) is 6.10 Å². The zero-order valence-corrected chi connectivity index (χ0v) is 15.5. The third kappa shape index (κ3) is 6.46. The summed E-state index contributed by atoms with van der Waals surface area (Å²) in [5.41, 5.74) is 2.57. The maximum atomic E-state index is 12.0. The van der Waals surface area contributed by atoms with Gasteiger partial charge in [0, 0.05) is 23.1 Å². The van der Waals surface area contributed by atoms with E-state index in [1.807, 2.05) is 0 Å². The average molecular weight is 364 g/mol. The number of ether oxygens (including phenoxy) is 1. The SMILES string of the molecule is Cc1ccc(CSCCNC(=O)[C@H](C)Oc2cccc(Cl)c2)cc1. The van der Waals surface area contributed by atoms with Crippen molar-refractivity contribution in [2.45, 2.75) is 25.7 Å². The van der Waals surface area contributed by atoms with Gasteiger partial charge in [0.1, 0.15) is 5.75 Å². The number of amides is 1. The molecule has 0 aromatic heterocycles. The molecule has 3 nitrogen and oxygen atoms in total. The molecular weight excluding hydrogens is 342 g/mol. The van der Waals surface area contributed by atoms with E-state index in [-0.39, 0.29) is 5.91 Å². The number of nitrogens with one attached hydrogen (secondary N) is 1. The lowest BCUT2D eigenvalue weighted by atomic mass is 10.2. The highest BCUT2D eigenvalue weighted by Gasteiger charge is 2.14. The second kappa shape index (κ2) is 9.60. The number of hydrogen-bond donors (Lipinski definition) is 1. The van der Waals surface area contributed by atoms with Crippen LogP contribution in [0.15, 0.2) is 48.5 Å². The molecule has 2 aromatic rings. The van der Waals surface area contributed by atoms with E-state index >= 15 is 0 Å². The Labute approximate surface area is 152 Å². The first-order valence-electron chi connectivity index (χ1n) is 7.88. The standard InChI is InChI=1S/C19H22ClNO2S/c1-14-6-8-16(9-7-14)13-24-11-10-21-19(22)15(2)23-18-5-3-4-17(20)12-18/h3-9,12,15H,10-11,13H2,1-2H3,(H,21,22)/t15-/m0/s1. The summed E-state index contributed by atoms with van der Waals surface area (Å²) >= 11 is 7.70. The topological polar surface area (TPSA) is 38.3 Å². The fourth-order valence-corrected chi connectivity index (χ4v) is 3.06. The maximum absolute atomic E-state index is 12.0. The first-order valence-corrected chi connectivity index (χ1v) is 9.41. The molecule has 0 bridgehead atoms. The third-order valence-corrected chi connectivity index (χ3v) is 4.68. The van der Waals surface area contributed by atoms with Crippen LogP contribution in [0.5, 0.6) is 5.75 Å². The molecule has 0 radical (unpaired) electrons. The van der Waals surface area contributed by atoms with E-state index in [0.717, 1.165) is 11.5 Å². The monoisotopic (exact) mass is 363 g/mol. The van der Waals surface area contributed by atoms with Crippen molar-refractivity contribution in [3.05, 3.63) is 64.7 Å². The fourth-order valence-electron chi connectivity index (χ4n) is 2.06. The van der Waals surface area contributed by atoms with Crippen molar-refractivity contribution in [3.63, 3.8) is 0 Å². The number of benzene rings is 2. The summed E-state index contributed by atoms with van der Waals surface area (Å²) in [6, 6.07) is 15.6. The van der Waals surface area contributed by atoms with Crippen molar-refractivity contribution < 1.29 is 9.53 Å². The number of rotatable bonds is 8. The number of carbonyl (C=O) groups is 1. The Kier molecular flexibility index (Phi) is 7.47. The largest absolute Gasteiger partial charge is 0.481 e. The predicted octanol–water partition coefficient (Wildman–Crippen LogP) is 4.47. The molecule has 2 rings (SSSR count). The van der Waals surface area contributed by atoms with E-state index in [4.69, 9.17) is 16.3 Å². The first kappa shape index (κ1) is 18.7. The normalized spacial score (nSPS) is 11.8. The molecule has 128 valence electrons. The van der Waals surface area contributed by atoms with E-state index in [0.29, 0.717) is 17.3 Å². The molecule has 0 unspecified atom stereocenters. The Hall–Kier alpha value is -1.65. The second-order valence-electron chi connectivity index (χ2n) is 5.55. The van der Waals surface area contributed by atoms with Gasteiger partial charge in [-0.25, -0.2) is 0 Å². The van der Waals surface area contributed by atoms with Crippen LogP contribution in [-0.2, 0) is 10.5 Å². The molecule has 0 aliphatic rings. The third-order valence-electron chi connectivity index (χ3n) is 3.41. The van der Waals surface area contributed by atoms with Gasteiger partial charge in [-0.2, -0.15) is 11.8 Å². The Morgan fingerprint density at radius 2 is 2.00 bits per heavy atom. The number of halogens is 1.